The highest BCUT2D eigenvalue weighted by Gasteiger charge is 2.17. The van der Waals surface area contributed by atoms with Crippen molar-refractivity contribution in [2.75, 3.05) is 0 Å². The second-order valence-corrected chi connectivity index (χ2v) is 8.13. The zero-order chi connectivity index (χ0) is 18.6. The van der Waals surface area contributed by atoms with Crippen molar-refractivity contribution in [3.05, 3.63) is 11.5 Å². The molecule has 25 heavy (non-hydrogen) atoms. The van der Waals surface area contributed by atoms with Gasteiger partial charge in [-0.05, 0) is 12.8 Å². The van der Waals surface area contributed by atoms with Crippen LogP contribution in [0.25, 0.3) is 0 Å². The Morgan fingerprint density at radius 3 is 1.52 bits per heavy atom. The highest BCUT2D eigenvalue weighted by atomic mass is 14.0. The van der Waals surface area contributed by atoms with E-state index >= 15 is 0 Å². The molecule has 0 spiro atoms. The third kappa shape index (κ3) is 15.8. The quantitative estimate of drug-likeness (QED) is 0.161. The predicted molar refractivity (Wildman–Crippen MR) is 120 cm³/mol. The maximum absolute atomic E-state index is 2.67. The van der Waals surface area contributed by atoms with Gasteiger partial charge in [0.15, 0.2) is 6.71 Å². The van der Waals surface area contributed by atoms with Crippen LogP contribution >= 0.6 is 0 Å². The molecule has 0 atom stereocenters. The van der Waals surface area contributed by atoms with Crippen molar-refractivity contribution in [1.29, 1.82) is 0 Å². The van der Waals surface area contributed by atoms with Crippen LogP contribution in [-0.2, 0) is 0 Å². The van der Waals surface area contributed by atoms with Crippen LogP contribution in [0.1, 0.15) is 130 Å². The fraction of sp³-hybridized carbons (Fsp3) is 0.917. The van der Waals surface area contributed by atoms with Gasteiger partial charge in [-0.25, -0.2) is 0 Å². The summed E-state index contributed by atoms with van der Waals surface area (Å²) >= 11 is 0. The Morgan fingerprint density at radius 2 is 1.04 bits per heavy atom. The molecule has 0 unspecified atom stereocenters. The monoisotopic (exact) mass is 348 g/mol. The molecule has 0 aromatic carbocycles. The van der Waals surface area contributed by atoms with E-state index in [1.807, 2.05) is 5.47 Å². The number of hydrogen-bond donors (Lipinski definition) is 0. The third-order valence-corrected chi connectivity index (χ3v) is 5.62. The smallest absolute Gasteiger partial charge is 0.105 e. The average molecular weight is 348 g/mol. The van der Waals surface area contributed by atoms with Crippen LogP contribution in [0.15, 0.2) is 11.5 Å². The predicted octanol–water partition coefficient (Wildman–Crippen LogP) is 9.27. The van der Waals surface area contributed by atoms with Crippen LogP contribution in [0.5, 0.6) is 0 Å². The van der Waals surface area contributed by atoms with E-state index in [0.29, 0.717) is 0 Å². The van der Waals surface area contributed by atoms with Gasteiger partial charge in [0.05, 0.1) is 0 Å². The normalized spacial score (nSPS) is 11.9. The summed E-state index contributed by atoms with van der Waals surface area (Å²) < 4.78 is 0. The van der Waals surface area contributed by atoms with Crippen molar-refractivity contribution < 1.29 is 0 Å². The highest BCUT2D eigenvalue weighted by molar-refractivity contribution is 6.66. The van der Waals surface area contributed by atoms with Crippen LogP contribution in [0.2, 0.25) is 12.6 Å². The van der Waals surface area contributed by atoms with Crippen molar-refractivity contribution in [3.63, 3.8) is 0 Å². The molecular weight excluding hydrogens is 299 g/mol. The van der Waals surface area contributed by atoms with Gasteiger partial charge in [0, 0.05) is 0 Å². The highest BCUT2D eigenvalue weighted by Crippen LogP contribution is 2.24. The summed E-state index contributed by atoms with van der Waals surface area (Å²) in [4.78, 5) is 0. The molecule has 0 saturated heterocycles. The minimum Gasteiger partial charge on any atom is -0.105 e. The first-order valence-electron chi connectivity index (χ1n) is 12.0. The van der Waals surface area contributed by atoms with Gasteiger partial charge < -0.3 is 0 Å². The lowest BCUT2D eigenvalue weighted by Gasteiger charge is -2.19. The van der Waals surface area contributed by atoms with Crippen molar-refractivity contribution >= 4 is 6.71 Å². The maximum atomic E-state index is 2.67. The minimum atomic E-state index is 0.896. The Kier molecular flexibility index (Phi) is 20.0. The van der Waals surface area contributed by atoms with Gasteiger partial charge in [-0.2, -0.15) is 0 Å². The van der Waals surface area contributed by atoms with Crippen molar-refractivity contribution in [1.82, 2.24) is 0 Å². The first kappa shape index (κ1) is 24.8. The van der Waals surface area contributed by atoms with Crippen molar-refractivity contribution in [2.24, 2.45) is 0 Å². The molecule has 0 saturated carbocycles. The van der Waals surface area contributed by atoms with Gasteiger partial charge in [-0.1, -0.05) is 136 Å². The first-order chi connectivity index (χ1) is 12.3. The van der Waals surface area contributed by atoms with E-state index in [9.17, 15) is 0 Å². The standard InChI is InChI=1S/C24H49B/c1-5-9-13-17-21-24(20-16-12-8-4)25(22-18-14-10-6-2)23-19-15-11-7-3/h20H,5-19,21-23H2,1-4H3. The molecule has 0 aromatic heterocycles. The van der Waals surface area contributed by atoms with Gasteiger partial charge in [0.25, 0.3) is 0 Å². The summed E-state index contributed by atoms with van der Waals surface area (Å²) in [7, 11) is 0. The largest absolute Gasteiger partial charge is 0.170 e. The fourth-order valence-corrected chi connectivity index (χ4v) is 3.87. The zero-order valence-corrected chi connectivity index (χ0v) is 18.4. The van der Waals surface area contributed by atoms with E-state index < -0.39 is 0 Å². The molecule has 0 heterocycles. The maximum Gasteiger partial charge on any atom is 0.170 e. The SMILES string of the molecule is CCCCC=C(CCCCCC)B(CCCCCC)CCCCCC. The molecule has 0 amide bonds. The third-order valence-electron chi connectivity index (χ3n) is 5.62. The van der Waals surface area contributed by atoms with Gasteiger partial charge in [-0.3, -0.25) is 0 Å². The molecular formula is C24H49B. The summed E-state index contributed by atoms with van der Waals surface area (Å²) in [6.07, 6.45) is 28.0. The second kappa shape index (κ2) is 20.1. The van der Waals surface area contributed by atoms with Crippen LogP contribution in [0, 0.1) is 0 Å². The molecule has 1 heteroatoms. The molecule has 0 rings (SSSR count). The Morgan fingerprint density at radius 1 is 0.560 bits per heavy atom. The number of unbranched alkanes of at least 4 members (excludes halogenated alkanes) is 11. The summed E-state index contributed by atoms with van der Waals surface area (Å²) in [6, 6.07) is 0. The summed E-state index contributed by atoms with van der Waals surface area (Å²) in [5.74, 6) is 0. The van der Waals surface area contributed by atoms with Crippen LogP contribution in [0.4, 0.5) is 0 Å². The summed E-state index contributed by atoms with van der Waals surface area (Å²) in [6.45, 7) is 10.2. The van der Waals surface area contributed by atoms with E-state index in [2.05, 4.69) is 33.8 Å². The summed E-state index contributed by atoms with van der Waals surface area (Å²) in [5, 5.41) is 0. The zero-order valence-electron chi connectivity index (χ0n) is 18.4. The lowest BCUT2D eigenvalue weighted by Crippen LogP contribution is -2.17. The molecule has 0 nitrogen and oxygen atoms in total. The first-order valence-corrected chi connectivity index (χ1v) is 12.0. The van der Waals surface area contributed by atoms with Crippen molar-refractivity contribution in [2.45, 2.75) is 143 Å². The van der Waals surface area contributed by atoms with Gasteiger partial charge in [-0.15, -0.1) is 5.47 Å². The molecule has 0 N–H and O–H groups in total. The number of allylic oxidation sites excluding steroid dienone is 2. The molecule has 0 aliphatic rings. The second-order valence-electron chi connectivity index (χ2n) is 8.13. The average Bonchev–Trinajstić information content (AvgIpc) is 2.63. The van der Waals surface area contributed by atoms with Crippen LogP contribution in [0.3, 0.4) is 0 Å². The van der Waals surface area contributed by atoms with Gasteiger partial charge in [0.2, 0.25) is 0 Å². The Bertz CT molecular complexity index is 270. The van der Waals surface area contributed by atoms with Crippen LogP contribution in [-0.4, -0.2) is 6.71 Å². The molecule has 148 valence electrons. The number of hydrogen-bond acceptors (Lipinski definition) is 0. The van der Waals surface area contributed by atoms with Crippen LogP contribution < -0.4 is 0 Å². The Hall–Kier alpha value is -0.195. The van der Waals surface area contributed by atoms with Gasteiger partial charge in [0.1, 0.15) is 0 Å². The molecule has 0 aromatic rings. The van der Waals surface area contributed by atoms with Crippen molar-refractivity contribution in [3.8, 4) is 0 Å². The van der Waals surface area contributed by atoms with Gasteiger partial charge >= 0.3 is 0 Å². The molecule has 0 bridgehead atoms. The van der Waals surface area contributed by atoms with E-state index in [-0.39, 0.29) is 0 Å². The molecule has 0 fully saturated rings. The molecule has 0 aliphatic carbocycles. The Labute approximate surface area is 161 Å². The lowest BCUT2D eigenvalue weighted by atomic mass is 9.38. The fourth-order valence-electron chi connectivity index (χ4n) is 3.87. The van der Waals surface area contributed by atoms with E-state index in [1.165, 1.54) is 115 Å². The lowest BCUT2D eigenvalue weighted by molar-refractivity contribution is 0.664. The van der Waals surface area contributed by atoms with E-state index in [0.717, 1.165) is 6.71 Å². The Balaban J connectivity index is 4.63. The number of rotatable bonds is 19. The summed E-state index contributed by atoms with van der Waals surface area (Å²) in [5.41, 5.74) is 1.84. The topological polar surface area (TPSA) is 0 Å². The molecule has 0 radical (unpaired) electrons. The van der Waals surface area contributed by atoms with E-state index in [1.54, 1.807) is 0 Å². The molecule has 0 aliphatic heterocycles. The van der Waals surface area contributed by atoms with E-state index in [4.69, 9.17) is 0 Å². The minimum absolute atomic E-state index is 0.896.